The van der Waals surface area contributed by atoms with Crippen molar-refractivity contribution in [3.63, 3.8) is 0 Å². The zero-order chi connectivity index (χ0) is 15.0. The molecule has 1 aliphatic heterocycles. The molecule has 2 aromatic rings. The second kappa shape index (κ2) is 5.33. The van der Waals surface area contributed by atoms with E-state index in [-0.39, 0.29) is 6.03 Å². The van der Waals surface area contributed by atoms with E-state index in [0.29, 0.717) is 0 Å². The lowest BCUT2D eigenvalue weighted by Crippen LogP contribution is -2.36. The molecule has 0 saturated heterocycles. The molecule has 5 heteroatoms. The maximum atomic E-state index is 12.5. The monoisotopic (exact) mass is 299 g/mol. The average Bonchev–Trinajstić information content (AvgIpc) is 2.51. The van der Waals surface area contributed by atoms with Crippen LogP contribution in [0.15, 0.2) is 52.3 Å². The number of fused-ring (bicyclic) bond motifs is 2. The molecule has 0 saturated carbocycles. The second-order valence-corrected chi connectivity index (χ2v) is 6.06. The van der Waals surface area contributed by atoms with Crippen molar-refractivity contribution in [1.82, 2.24) is 5.32 Å². The Bertz CT molecular complexity index is 700. The molecule has 2 aromatic carbocycles. The van der Waals surface area contributed by atoms with Crippen molar-refractivity contribution in [3.05, 3.63) is 42.5 Å². The van der Waals surface area contributed by atoms with Crippen molar-refractivity contribution >= 4 is 34.9 Å². The molecule has 0 unspecified atom stereocenters. The maximum Gasteiger partial charge on any atom is 0.326 e. The van der Waals surface area contributed by atoms with Crippen molar-refractivity contribution in [2.75, 3.05) is 30.9 Å². The minimum atomic E-state index is -0.127. The van der Waals surface area contributed by atoms with Gasteiger partial charge in [-0.3, -0.25) is 4.90 Å². The molecule has 0 bridgehead atoms. The summed E-state index contributed by atoms with van der Waals surface area (Å²) in [5.41, 5.74) is 2.88. The third-order valence-corrected chi connectivity index (χ3v) is 4.54. The highest BCUT2D eigenvalue weighted by Gasteiger charge is 2.30. The number of nitrogens with one attached hydrogen (secondary N) is 1. The number of nitrogens with zero attached hydrogens (tertiary/aromatic N) is 2. The molecule has 0 radical (unpaired) electrons. The van der Waals surface area contributed by atoms with Gasteiger partial charge in [0.2, 0.25) is 0 Å². The van der Waals surface area contributed by atoms with Crippen LogP contribution >= 0.6 is 11.8 Å². The molecule has 1 heterocycles. The molecular formula is C16H17N3OS. The summed E-state index contributed by atoms with van der Waals surface area (Å²) in [7, 11) is 5.64. The molecular weight excluding hydrogens is 282 g/mol. The Morgan fingerprint density at radius 1 is 1.10 bits per heavy atom. The van der Waals surface area contributed by atoms with E-state index in [1.165, 1.54) is 0 Å². The van der Waals surface area contributed by atoms with E-state index in [1.807, 2.05) is 55.4 Å². The number of carbonyl (C=O) groups excluding carboxylic acids is 1. The molecule has 0 spiro atoms. The van der Waals surface area contributed by atoms with Crippen LogP contribution < -0.4 is 15.1 Å². The van der Waals surface area contributed by atoms with Crippen LogP contribution in [0.3, 0.4) is 0 Å². The van der Waals surface area contributed by atoms with E-state index in [9.17, 15) is 4.79 Å². The Morgan fingerprint density at radius 2 is 1.81 bits per heavy atom. The van der Waals surface area contributed by atoms with E-state index in [4.69, 9.17) is 0 Å². The van der Waals surface area contributed by atoms with Gasteiger partial charge in [-0.2, -0.15) is 0 Å². The molecule has 4 nitrogen and oxygen atoms in total. The quantitative estimate of drug-likeness (QED) is 0.872. The summed E-state index contributed by atoms with van der Waals surface area (Å²) >= 11 is 1.70. The van der Waals surface area contributed by atoms with Crippen LogP contribution in [0.2, 0.25) is 0 Å². The topological polar surface area (TPSA) is 35.6 Å². The van der Waals surface area contributed by atoms with Crippen molar-refractivity contribution < 1.29 is 4.79 Å². The lowest BCUT2D eigenvalue weighted by atomic mass is 10.2. The fourth-order valence-corrected chi connectivity index (χ4v) is 3.56. The first-order chi connectivity index (χ1) is 10.1. The number of benzene rings is 2. The van der Waals surface area contributed by atoms with Gasteiger partial charge in [0, 0.05) is 30.9 Å². The highest BCUT2D eigenvalue weighted by Crippen LogP contribution is 2.51. The van der Waals surface area contributed by atoms with Gasteiger partial charge in [0.25, 0.3) is 0 Å². The lowest BCUT2D eigenvalue weighted by Gasteiger charge is -2.33. The molecule has 0 aliphatic carbocycles. The first-order valence-corrected chi connectivity index (χ1v) is 7.54. The molecule has 1 N–H and O–H groups in total. The predicted octanol–water partition coefficient (Wildman–Crippen LogP) is 3.69. The summed E-state index contributed by atoms with van der Waals surface area (Å²) in [4.78, 5) is 18.4. The SMILES string of the molecule is CNC(=O)N1c2ccccc2Sc2cccc(N(C)C)c21. The van der Waals surface area contributed by atoms with Crippen LogP contribution in [0, 0.1) is 0 Å². The summed E-state index contributed by atoms with van der Waals surface area (Å²) < 4.78 is 0. The second-order valence-electron chi connectivity index (χ2n) is 4.98. The number of hydrogen-bond acceptors (Lipinski definition) is 3. The van der Waals surface area contributed by atoms with Gasteiger partial charge in [-0.05, 0) is 24.3 Å². The highest BCUT2D eigenvalue weighted by atomic mass is 32.2. The first kappa shape index (κ1) is 13.8. The minimum absolute atomic E-state index is 0.127. The summed E-state index contributed by atoms with van der Waals surface area (Å²) in [6, 6.07) is 14.0. The summed E-state index contributed by atoms with van der Waals surface area (Å²) in [6.07, 6.45) is 0. The van der Waals surface area contributed by atoms with Gasteiger partial charge in [0.1, 0.15) is 0 Å². The number of carbonyl (C=O) groups is 1. The van der Waals surface area contributed by atoms with E-state index in [2.05, 4.69) is 11.4 Å². The van der Waals surface area contributed by atoms with Gasteiger partial charge in [-0.25, -0.2) is 4.79 Å². The Hall–Kier alpha value is -2.14. The number of amides is 2. The first-order valence-electron chi connectivity index (χ1n) is 6.72. The molecule has 0 atom stereocenters. The Labute approximate surface area is 128 Å². The minimum Gasteiger partial charge on any atom is -0.376 e. The molecule has 2 amide bonds. The fourth-order valence-electron chi connectivity index (χ4n) is 2.47. The fraction of sp³-hybridized carbons (Fsp3) is 0.188. The van der Waals surface area contributed by atoms with Crippen molar-refractivity contribution in [3.8, 4) is 0 Å². The zero-order valence-corrected chi connectivity index (χ0v) is 13.1. The molecule has 0 aromatic heterocycles. The normalized spacial score (nSPS) is 12.4. The van der Waals surface area contributed by atoms with Crippen molar-refractivity contribution in [2.45, 2.75) is 9.79 Å². The summed E-state index contributed by atoms with van der Waals surface area (Å²) in [6.45, 7) is 0. The Morgan fingerprint density at radius 3 is 2.52 bits per heavy atom. The highest BCUT2D eigenvalue weighted by molar-refractivity contribution is 7.99. The molecule has 1 aliphatic rings. The molecule has 0 fully saturated rings. The van der Waals surface area contributed by atoms with Crippen LogP contribution in [0.25, 0.3) is 0 Å². The Kier molecular flexibility index (Phi) is 3.51. The third kappa shape index (κ3) is 2.23. The average molecular weight is 299 g/mol. The van der Waals surface area contributed by atoms with Crippen molar-refractivity contribution in [1.29, 1.82) is 0 Å². The third-order valence-electron chi connectivity index (χ3n) is 3.43. The van der Waals surface area contributed by atoms with Gasteiger partial charge in [-0.15, -0.1) is 0 Å². The molecule has 108 valence electrons. The maximum absolute atomic E-state index is 12.5. The lowest BCUT2D eigenvalue weighted by molar-refractivity contribution is 0.250. The van der Waals surface area contributed by atoms with E-state index in [1.54, 1.807) is 23.7 Å². The predicted molar refractivity (Wildman–Crippen MR) is 87.9 cm³/mol. The number of hydrogen-bond donors (Lipinski definition) is 1. The molecule has 21 heavy (non-hydrogen) atoms. The van der Waals surface area contributed by atoms with E-state index >= 15 is 0 Å². The van der Waals surface area contributed by atoms with Crippen molar-refractivity contribution in [2.24, 2.45) is 0 Å². The van der Waals surface area contributed by atoms with Gasteiger partial charge in [-0.1, -0.05) is 30.0 Å². The number of anilines is 3. The van der Waals surface area contributed by atoms with Gasteiger partial charge in [0.05, 0.1) is 17.1 Å². The smallest absolute Gasteiger partial charge is 0.326 e. The van der Waals surface area contributed by atoms with Gasteiger partial charge >= 0.3 is 6.03 Å². The number of para-hydroxylation sites is 2. The van der Waals surface area contributed by atoms with Crippen LogP contribution in [0.4, 0.5) is 21.9 Å². The zero-order valence-electron chi connectivity index (χ0n) is 12.3. The molecule has 3 rings (SSSR count). The summed E-state index contributed by atoms with van der Waals surface area (Å²) in [5, 5.41) is 2.74. The van der Waals surface area contributed by atoms with E-state index < -0.39 is 0 Å². The van der Waals surface area contributed by atoms with Crippen LogP contribution in [-0.4, -0.2) is 27.2 Å². The summed E-state index contributed by atoms with van der Waals surface area (Å²) in [5.74, 6) is 0. The van der Waals surface area contributed by atoms with Crippen LogP contribution in [-0.2, 0) is 0 Å². The van der Waals surface area contributed by atoms with E-state index in [0.717, 1.165) is 26.9 Å². The van der Waals surface area contributed by atoms with Crippen LogP contribution in [0.5, 0.6) is 0 Å². The largest absolute Gasteiger partial charge is 0.376 e. The van der Waals surface area contributed by atoms with Gasteiger partial charge < -0.3 is 10.2 Å². The number of urea groups is 1. The van der Waals surface area contributed by atoms with Gasteiger partial charge in [0.15, 0.2) is 0 Å². The standard InChI is InChI=1S/C16H17N3OS/c1-17-16(20)19-11-7-4-5-9-13(11)21-14-10-6-8-12(15(14)19)18(2)3/h4-10H,1-3H3,(H,17,20). The number of rotatable bonds is 1. The Balaban J connectivity index is 2.26. The van der Waals surface area contributed by atoms with Crippen LogP contribution in [0.1, 0.15) is 0 Å².